The molecule has 2 aromatic heterocycles. The Balaban J connectivity index is 1.48. The Hall–Kier alpha value is -2.26. The zero-order valence-electron chi connectivity index (χ0n) is 16.0. The minimum atomic E-state index is -0.116. The number of nitrogens with zero attached hydrogens (tertiary/aromatic N) is 5. The Kier molecular flexibility index (Phi) is 5.72. The second-order valence-electron chi connectivity index (χ2n) is 7.12. The highest BCUT2D eigenvalue weighted by Gasteiger charge is 2.28. The zero-order chi connectivity index (χ0) is 19.5. The Morgan fingerprint density at radius 2 is 2.11 bits per heavy atom. The number of hydrogen-bond acceptors (Lipinski definition) is 7. The van der Waals surface area contributed by atoms with Gasteiger partial charge in [-0.25, -0.2) is 9.67 Å². The fraction of sp³-hybridized carbons (Fsp3) is 0.579. The van der Waals surface area contributed by atoms with Crippen LogP contribution in [0.25, 0.3) is 0 Å². The molecule has 0 N–H and O–H groups in total. The molecule has 2 aliphatic rings. The standard InChI is InChI=1S/C19H25N5O3S/c1-2-17-20-12-16(28-17)19(26)23-5-3-4-14(13-23)24-18(25)10-15(11-21-24)22-6-8-27-9-7-22/h10-12,14H,2-9,13H2,1H3. The van der Waals surface area contributed by atoms with Gasteiger partial charge in [0.15, 0.2) is 0 Å². The third-order valence-corrected chi connectivity index (χ3v) is 6.41. The molecule has 0 bridgehead atoms. The van der Waals surface area contributed by atoms with Crippen molar-refractivity contribution in [3.05, 3.63) is 38.7 Å². The van der Waals surface area contributed by atoms with Gasteiger partial charge < -0.3 is 14.5 Å². The number of ether oxygens (including phenoxy) is 1. The van der Waals surface area contributed by atoms with E-state index in [0.717, 1.165) is 43.0 Å². The third-order valence-electron chi connectivity index (χ3n) is 5.28. The van der Waals surface area contributed by atoms with Gasteiger partial charge in [-0.1, -0.05) is 6.92 Å². The van der Waals surface area contributed by atoms with E-state index in [1.165, 1.54) is 16.0 Å². The van der Waals surface area contributed by atoms with Crippen LogP contribution in [0.15, 0.2) is 23.3 Å². The molecule has 2 fully saturated rings. The molecule has 0 aliphatic carbocycles. The molecular weight excluding hydrogens is 378 g/mol. The minimum absolute atomic E-state index is 0.000106. The highest BCUT2D eigenvalue weighted by atomic mass is 32.1. The SMILES string of the molecule is CCc1ncc(C(=O)N2CCCC(n3ncc(N4CCOCC4)cc3=O)C2)s1. The predicted molar refractivity (Wildman–Crippen MR) is 107 cm³/mol. The summed E-state index contributed by atoms with van der Waals surface area (Å²) >= 11 is 1.45. The molecule has 28 heavy (non-hydrogen) atoms. The smallest absolute Gasteiger partial charge is 0.269 e. The third kappa shape index (κ3) is 3.95. The van der Waals surface area contributed by atoms with E-state index >= 15 is 0 Å². The molecule has 4 heterocycles. The van der Waals surface area contributed by atoms with E-state index in [0.29, 0.717) is 31.2 Å². The van der Waals surface area contributed by atoms with E-state index in [-0.39, 0.29) is 17.5 Å². The number of thiazole rings is 1. The maximum Gasteiger partial charge on any atom is 0.269 e. The molecule has 2 saturated heterocycles. The number of carbonyl (C=O) groups is 1. The summed E-state index contributed by atoms with van der Waals surface area (Å²) in [5.41, 5.74) is 0.722. The van der Waals surface area contributed by atoms with Gasteiger partial charge >= 0.3 is 0 Å². The first-order chi connectivity index (χ1) is 13.7. The number of hydrogen-bond donors (Lipinski definition) is 0. The van der Waals surface area contributed by atoms with Crippen LogP contribution in [-0.2, 0) is 11.2 Å². The summed E-state index contributed by atoms with van der Waals surface area (Å²) in [4.78, 5) is 34.4. The molecule has 1 atom stereocenters. The van der Waals surface area contributed by atoms with Crippen molar-refractivity contribution in [3.63, 3.8) is 0 Å². The average Bonchev–Trinajstić information content (AvgIpc) is 3.23. The molecule has 0 aromatic carbocycles. The summed E-state index contributed by atoms with van der Waals surface area (Å²) in [7, 11) is 0. The van der Waals surface area contributed by atoms with E-state index in [2.05, 4.69) is 15.0 Å². The maximum atomic E-state index is 12.8. The fourth-order valence-corrected chi connectivity index (χ4v) is 4.57. The average molecular weight is 404 g/mol. The van der Waals surface area contributed by atoms with Gasteiger partial charge in [0.05, 0.1) is 42.3 Å². The van der Waals surface area contributed by atoms with Gasteiger partial charge in [-0.05, 0) is 19.3 Å². The molecular formula is C19H25N5O3S. The molecule has 1 unspecified atom stereocenters. The van der Waals surface area contributed by atoms with E-state index in [1.54, 1.807) is 18.5 Å². The zero-order valence-corrected chi connectivity index (χ0v) is 16.9. The lowest BCUT2D eigenvalue weighted by Crippen LogP contribution is -2.43. The lowest BCUT2D eigenvalue weighted by atomic mass is 10.1. The molecule has 2 aliphatic heterocycles. The van der Waals surface area contributed by atoms with Crippen LogP contribution in [0.3, 0.4) is 0 Å². The summed E-state index contributed by atoms with van der Waals surface area (Å²) in [6.45, 7) is 6.11. The molecule has 0 radical (unpaired) electrons. The monoisotopic (exact) mass is 403 g/mol. The summed E-state index contributed by atoms with van der Waals surface area (Å²) in [6, 6.07) is 1.55. The van der Waals surface area contributed by atoms with Crippen LogP contribution < -0.4 is 10.5 Å². The molecule has 9 heteroatoms. The minimum Gasteiger partial charge on any atom is -0.378 e. The number of likely N-dealkylation sites (tertiary alicyclic amines) is 1. The summed E-state index contributed by atoms with van der Waals surface area (Å²) in [6.07, 6.45) is 5.95. The number of amides is 1. The second-order valence-corrected chi connectivity index (χ2v) is 8.23. The van der Waals surface area contributed by atoms with Gasteiger partial charge in [0.25, 0.3) is 11.5 Å². The van der Waals surface area contributed by atoms with E-state index in [1.807, 2.05) is 11.8 Å². The van der Waals surface area contributed by atoms with Crippen molar-refractivity contribution in [1.29, 1.82) is 0 Å². The first-order valence-electron chi connectivity index (χ1n) is 9.81. The lowest BCUT2D eigenvalue weighted by molar-refractivity contribution is 0.0674. The quantitative estimate of drug-likeness (QED) is 0.771. The molecule has 2 aromatic rings. The Bertz CT molecular complexity index is 890. The Morgan fingerprint density at radius 1 is 1.29 bits per heavy atom. The van der Waals surface area contributed by atoms with Crippen molar-refractivity contribution in [3.8, 4) is 0 Å². The van der Waals surface area contributed by atoms with E-state index < -0.39 is 0 Å². The normalized spacial score (nSPS) is 20.4. The van der Waals surface area contributed by atoms with Crippen LogP contribution in [0, 0.1) is 0 Å². The molecule has 4 rings (SSSR count). The van der Waals surface area contributed by atoms with Gasteiger partial charge in [-0.3, -0.25) is 9.59 Å². The van der Waals surface area contributed by atoms with Gasteiger partial charge in [-0.2, -0.15) is 5.10 Å². The molecule has 1 amide bonds. The Morgan fingerprint density at radius 3 is 2.82 bits per heavy atom. The summed E-state index contributed by atoms with van der Waals surface area (Å²) in [5, 5.41) is 5.40. The number of anilines is 1. The van der Waals surface area contributed by atoms with Gasteiger partial charge in [0.2, 0.25) is 0 Å². The number of piperidine rings is 1. The molecule has 0 saturated carbocycles. The largest absolute Gasteiger partial charge is 0.378 e. The van der Waals surface area contributed by atoms with Crippen LogP contribution in [-0.4, -0.2) is 65.0 Å². The van der Waals surface area contributed by atoms with Gasteiger partial charge in [0.1, 0.15) is 4.88 Å². The number of morpholine rings is 1. The van der Waals surface area contributed by atoms with Crippen molar-refractivity contribution < 1.29 is 9.53 Å². The van der Waals surface area contributed by atoms with Crippen molar-refractivity contribution in [2.24, 2.45) is 0 Å². The van der Waals surface area contributed by atoms with Crippen molar-refractivity contribution >= 4 is 22.9 Å². The summed E-state index contributed by atoms with van der Waals surface area (Å²) < 4.78 is 6.90. The van der Waals surface area contributed by atoms with Crippen molar-refractivity contribution in [1.82, 2.24) is 19.7 Å². The van der Waals surface area contributed by atoms with Crippen molar-refractivity contribution in [2.75, 3.05) is 44.3 Å². The van der Waals surface area contributed by atoms with Crippen molar-refractivity contribution in [2.45, 2.75) is 32.2 Å². The molecule has 150 valence electrons. The van der Waals surface area contributed by atoms with E-state index in [9.17, 15) is 9.59 Å². The van der Waals surface area contributed by atoms with E-state index in [4.69, 9.17) is 4.74 Å². The fourth-order valence-electron chi connectivity index (χ4n) is 3.74. The first-order valence-corrected chi connectivity index (χ1v) is 10.6. The Labute approximate surface area is 167 Å². The lowest BCUT2D eigenvalue weighted by Gasteiger charge is -2.33. The molecule has 8 nitrogen and oxygen atoms in total. The van der Waals surface area contributed by atoms with Crippen LogP contribution in [0.5, 0.6) is 0 Å². The van der Waals surface area contributed by atoms with Gasteiger partial charge in [-0.15, -0.1) is 11.3 Å². The highest BCUT2D eigenvalue weighted by molar-refractivity contribution is 7.13. The predicted octanol–water partition coefficient (Wildman–Crippen LogP) is 1.58. The maximum absolute atomic E-state index is 12.8. The topological polar surface area (TPSA) is 80.6 Å². The van der Waals surface area contributed by atoms with Crippen LogP contribution in [0.2, 0.25) is 0 Å². The van der Waals surface area contributed by atoms with Crippen LogP contribution >= 0.6 is 11.3 Å². The summed E-state index contributed by atoms with van der Waals surface area (Å²) in [5.74, 6) is -0.000106. The number of aromatic nitrogens is 3. The van der Waals surface area contributed by atoms with Crippen LogP contribution in [0.1, 0.15) is 40.5 Å². The number of aryl methyl sites for hydroxylation is 1. The second kappa shape index (κ2) is 8.40. The van der Waals surface area contributed by atoms with Gasteiger partial charge in [0, 0.05) is 32.2 Å². The number of rotatable bonds is 4. The first kappa shape index (κ1) is 19.1. The van der Waals surface area contributed by atoms with Crippen LogP contribution in [0.4, 0.5) is 5.69 Å². The number of carbonyl (C=O) groups excluding carboxylic acids is 1. The molecule has 0 spiro atoms. The highest BCUT2D eigenvalue weighted by Crippen LogP contribution is 2.24.